The fourth-order valence-electron chi connectivity index (χ4n) is 2.44. The summed E-state index contributed by atoms with van der Waals surface area (Å²) in [4.78, 5) is 24.0. The van der Waals surface area contributed by atoms with Crippen LogP contribution in [0.3, 0.4) is 0 Å². The van der Waals surface area contributed by atoms with Crippen molar-refractivity contribution in [1.82, 2.24) is 10.2 Å². The largest absolute Gasteiger partial charge is 0.480 e. The van der Waals surface area contributed by atoms with Gasteiger partial charge in [0.15, 0.2) is 0 Å². The number of carbonyl (C=O) groups excluding carboxylic acids is 1. The molecule has 0 aromatic heterocycles. The quantitative estimate of drug-likeness (QED) is 0.681. The maximum absolute atomic E-state index is 11.9. The lowest BCUT2D eigenvalue weighted by atomic mass is 10.3. The van der Waals surface area contributed by atoms with Crippen molar-refractivity contribution in [3.8, 4) is 0 Å². The molecule has 108 valence electrons. The van der Waals surface area contributed by atoms with Gasteiger partial charge in [-0.15, -0.1) is 0 Å². The van der Waals surface area contributed by atoms with Crippen LogP contribution in [0.5, 0.6) is 0 Å². The van der Waals surface area contributed by atoms with E-state index in [0.29, 0.717) is 19.3 Å². The normalized spacial score (nSPS) is 19.4. The van der Waals surface area contributed by atoms with Gasteiger partial charge in [-0.1, -0.05) is 12.8 Å². The first-order valence-electron chi connectivity index (χ1n) is 7.04. The molecule has 2 N–H and O–H groups in total. The first-order valence-corrected chi connectivity index (χ1v) is 7.04. The van der Waals surface area contributed by atoms with E-state index in [1.807, 2.05) is 0 Å². The molecule has 2 fully saturated rings. The Kier molecular flexibility index (Phi) is 5.01. The van der Waals surface area contributed by atoms with Crippen LogP contribution >= 0.6 is 0 Å². The Labute approximate surface area is 113 Å². The van der Waals surface area contributed by atoms with Crippen molar-refractivity contribution in [2.45, 2.75) is 50.7 Å². The molecule has 0 aliphatic heterocycles. The molecule has 6 heteroatoms. The van der Waals surface area contributed by atoms with Gasteiger partial charge in [-0.2, -0.15) is 0 Å². The Morgan fingerprint density at radius 3 is 2.47 bits per heavy atom. The third-order valence-corrected chi connectivity index (χ3v) is 3.59. The van der Waals surface area contributed by atoms with Crippen molar-refractivity contribution in [2.75, 3.05) is 19.7 Å². The molecule has 0 atom stereocenters. The number of rotatable bonds is 7. The smallest absolute Gasteiger partial charge is 0.323 e. The molecule has 0 spiro atoms. The standard InChI is InChI=1S/C13H22N2O4/c16-12(17)9-15(10-5-6-10)13(18)14-7-8-19-11-3-1-2-4-11/h10-11H,1-9H2,(H,14,18)(H,16,17). The number of carboxylic acids is 1. The van der Waals surface area contributed by atoms with Crippen LogP contribution in [-0.2, 0) is 9.53 Å². The molecule has 0 saturated heterocycles. The van der Waals surface area contributed by atoms with Crippen LogP contribution in [0.15, 0.2) is 0 Å². The lowest BCUT2D eigenvalue weighted by molar-refractivity contribution is -0.137. The molecule has 0 aromatic carbocycles. The highest BCUT2D eigenvalue weighted by molar-refractivity contribution is 5.80. The van der Waals surface area contributed by atoms with Gasteiger partial charge < -0.3 is 20.1 Å². The van der Waals surface area contributed by atoms with E-state index in [1.165, 1.54) is 17.7 Å². The van der Waals surface area contributed by atoms with Crippen LogP contribution in [0, 0.1) is 0 Å². The minimum atomic E-state index is -0.968. The number of carboxylic acid groups (broad SMARTS) is 1. The summed E-state index contributed by atoms with van der Waals surface area (Å²) in [5, 5.41) is 11.5. The van der Waals surface area contributed by atoms with Gasteiger partial charge in [0, 0.05) is 12.6 Å². The molecular weight excluding hydrogens is 248 g/mol. The third-order valence-electron chi connectivity index (χ3n) is 3.59. The zero-order valence-corrected chi connectivity index (χ0v) is 11.1. The molecule has 2 rings (SSSR count). The highest BCUT2D eigenvalue weighted by Gasteiger charge is 2.33. The number of aliphatic carboxylic acids is 1. The summed E-state index contributed by atoms with van der Waals surface area (Å²) in [7, 11) is 0. The van der Waals surface area contributed by atoms with Crippen LogP contribution in [0.25, 0.3) is 0 Å². The number of hydrogen-bond donors (Lipinski definition) is 2. The molecule has 2 amide bonds. The monoisotopic (exact) mass is 270 g/mol. The molecule has 0 unspecified atom stereocenters. The number of ether oxygens (including phenoxy) is 1. The zero-order chi connectivity index (χ0) is 13.7. The average molecular weight is 270 g/mol. The Hall–Kier alpha value is -1.30. The first kappa shape index (κ1) is 14.1. The molecular formula is C13H22N2O4. The summed E-state index contributed by atoms with van der Waals surface area (Å²) >= 11 is 0. The molecule has 2 saturated carbocycles. The number of nitrogens with one attached hydrogen (secondary N) is 1. The van der Waals surface area contributed by atoms with Crippen LogP contribution < -0.4 is 5.32 Å². The Morgan fingerprint density at radius 1 is 1.21 bits per heavy atom. The second kappa shape index (κ2) is 6.75. The van der Waals surface area contributed by atoms with E-state index in [9.17, 15) is 9.59 Å². The third kappa shape index (κ3) is 4.70. The second-order valence-corrected chi connectivity index (χ2v) is 5.26. The van der Waals surface area contributed by atoms with Crippen molar-refractivity contribution in [2.24, 2.45) is 0 Å². The second-order valence-electron chi connectivity index (χ2n) is 5.26. The summed E-state index contributed by atoms with van der Waals surface area (Å²) in [6.07, 6.45) is 6.83. The summed E-state index contributed by atoms with van der Waals surface area (Å²) in [6.45, 7) is 0.722. The molecule has 0 radical (unpaired) electrons. The van der Waals surface area contributed by atoms with Crippen molar-refractivity contribution in [3.63, 3.8) is 0 Å². The molecule has 2 aliphatic rings. The van der Waals surface area contributed by atoms with E-state index < -0.39 is 5.97 Å². The lowest BCUT2D eigenvalue weighted by Crippen LogP contribution is -2.45. The van der Waals surface area contributed by atoms with Crippen molar-refractivity contribution < 1.29 is 19.4 Å². The van der Waals surface area contributed by atoms with E-state index in [2.05, 4.69) is 5.32 Å². The van der Waals surface area contributed by atoms with Gasteiger partial charge >= 0.3 is 12.0 Å². The summed E-state index contributed by atoms with van der Waals surface area (Å²) in [5.74, 6) is -0.968. The van der Waals surface area contributed by atoms with Crippen LogP contribution in [0.2, 0.25) is 0 Å². The van der Waals surface area contributed by atoms with Gasteiger partial charge in [0.2, 0.25) is 0 Å². The summed E-state index contributed by atoms with van der Waals surface area (Å²) in [6, 6.07) is -0.188. The van der Waals surface area contributed by atoms with E-state index in [1.54, 1.807) is 0 Å². The average Bonchev–Trinajstić information content (AvgIpc) is 3.08. The highest BCUT2D eigenvalue weighted by atomic mass is 16.5. The predicted octanol–water partition coefficient (Wildman–Crippen LogP) is 1.20. The number of urea groups is 1. The van der Waals surface area contributed by atoms with Gasteiger partial charge in [0.05, 0.1) is 12.7 Å². The molecule has 19 heavy (non-hydrogen) atoms. The molecule has 0 aromatic rings. The Balaban J connectivity index is 1.62. The minimum absolute atomic E-state index is 0.104. The van der Waals surface area contributed by atoms with Crippen molar-refractivity contribution >= 4 is 12.0 Å². The topological polar surface area (TPSA) is 78.9 Å². The zero-order valence-electron chi connectivity index (χ0n) is 11.1. The number of amides is 2. The molecule has 0 bridgehead atoms. The predicted molar refractivity (Wildman–Crippen MR) is 69.0 cm³/mol. The van der Waals surface area contributed by atoms with E-state index >= 15 is 0 Å². The lowest BCUT2D eigenvalue weighted by Gasteiger charge is -2.21. The fraction of sp³-hybridized carbons (Fsp3) is 0.846. The van der Waals surface area contributed by atoms with Crippen molar-refractivity contribution in [1.29, 1.82) is 0 Å². The van der Waals surface area contributed by atoms with Crippen LogP contribution in [-0.4, -0.2) is 53.8 Å². The SMILES string of the molecule is O=C(O)CN(C(=O)NCCOC1CCCC1)C1CC1. The van der Waals surface area contributed by atoms with Gasteiger partial charge in [0.1, 0.15) is 6.54 Å². The van der Waals surface area contributed by atoms with E-state index in [4.69, 9.17) is 9.84 Å². The van der Waals surface area contributed by atoms with Gasteiger partial charge in [0.25, 0.3) is 0 Å². The molecule has 0 heterocycles. The van der Waals surface area contributed by atoms with Gasteiger partial charge in [-0.3, -0.25) is 4.79 Å². The number of hydrogen-bond acceptors (Lipinski definition) is 3. The van der Waals surface area contributed by atoms with E-state index in [-0.39, 0.29) is 18.6 Å². The van der Waals surface area contributed by atoms with Gasteiger partial charge in [-0.05, 0) is 25.7 Å². The maximum Gasteiger partial charge on any atom is 0.323 e. The van der Waals surface area contributed by atoms with E-state index in [0.717, 1.165) is 25.7 Å². The number of nitrogens with zero attached hydrogens (tertiary/aromatic N) is 1. The van der Waals surface area contributed by atoms with Crippen LogP contribution in [0.1, 0.15) is 38.5 Å². The highest BCUT2D eigenvalue weighted by Crippen LogP contribution is 2.26. The van der Waals surface area contributed by atoms with Gasteiger partial charge in [-0.25, -0.2) is 4.79 Å². The van der Waals surface area contributed by atoms with Crippen LogP contribution in [0.4, 0.5) is 4.79 Å². The maximum atomic E-state index is 11.9. The summed E-state index contributed by atoms with van der Waals surface area (Å²) in [5.41, 5.74) is 0. The first-order chi connectivity index (χ1) is 9.16. The summed E-state index contributed by atoms with van der Waals surface area (Å²) < 4.78 is 5.64. The minimum Gasteiger partial charge on any atom is -0.480 e. The molecule has 6 nitrogen and oxygen atoms in total. The fourth-order valence-corrected chi connectivity index (χ4v) is 2.44. The number of carbonyl (C=O) groups is 2. The Morgan fingerprint density at radius 2 is 1.89 bits per heavy atom. The Bertz CT molecular complexity index is 325. The van der Waals surface area contributed by atoms with Crippen molar-refractivity contribution in [3.05, 3.63) is 0 Å². The molecule has 2 aliphatic carbocycles.